The van der Waals surface area contributed by atoms with E-state index >= 15 is 4.39 Å². The van der Waals surface area contributed by atoms with Gasteiger partial charge in [0.15, 0.2) is 17.7 Å². The highest BCUT2D eigenvalue weighted by Crippen LogP contribution is 2.39. The second kappa shape index (κ2) is 11.9. The fourth-order valence-electron chi connectivity index (χ4n) is 4.92. The van der Waals surface area contributed by atoms with Crippen LogP contribution >= 0.6 is 34.8 Å². The van der Waals surface area contributed by atoms with Gasteiger partial charge in [-0.1, -0.05) is 77.3 Å². The minimum absolute atomic E-state index is 0.0423. The highest BCUT2D eigenvalue weighted by atomic mass is 35.5. The van der Waals surface area contributed by atoms with Gasteiger partial charge in [0.2, 0.25) is 0 Å². The summed E-state index contributed by atoms with van der Waals surface area (Å²) in [5, 5.41) is 10.8. The molecule has 2 unspecified atom stereocenters. The molecule has 204 valence electrons. The number of carboxylic acids is 1. The molecule has 4 aromatic rings. The van der Waals surface area contributed by atoms with Gasteiger partial charge in [0.25, 0.3) is 5.91 Å². The zero-order valence-electron chi connectivity index (χ0n) is 21.0. The molecule has 0 aliphatic carbocycles. The van der Waals surface area contributed by atoms with Crippen molar-refractivity contribution in [2.75, 3.05) is 6.54 Å². The van der Waals surface area contributed by atoms with Crippen LogP contribution in [0.4, 0.5) is 4.39 Å². The number of carbonyl (C=O) groups is 2. The Morgan fingerprint density at radius 3 is 2.33 bits per heavy atom. The average Bonchev–Trinajstić information content (AvgIpc) is 3.44. The summed E-state index contributed by atoms with van der Waals surface area (Å²) >= 11 is 18.9. The Morgan fingerprint density at radius 2 is 1.62 bits per heavy atom. The molecule has 9 heteroatoms. The Hall–Kier alpha value is -3.58. The van der Waals surface area contributed by atoms with Gasteiger partial charge in [0.05, 0.1) is 0 Å². The second-order valence-electron chi connectivity index (χ2n) is 9.40. The molecule has 5 rings (SSSR count). The van der Waals surface area contributed by atoms with Crippen molar-refractivity contribution in [2.45, 2.75) is 25.0 Å². The SMILES string of the molecule is O=C(O)C1CCCN1C(=O)c1ccc(OC(c2ccc(Cl)cc2Cl)c2ccccc2-c2ccc(Cl)cc2)c(F)c1. The standard InChI is InChI=1S/C31H23Cl3FNO4/c32-20-10-7-18(8-11-20)22-4-1-2-5-23(22)29(24-13-12-21(33)17-25(24)34)40-28-14-9-19(16-26(28)35)30(37)36-15-3-6-27(36)31(38)39/h1-2,4-5,7-14,16-17,27,29H,3,6,15H2,(H,38,39). The highest BCUT2D eigenvalue weighted by Gasteiger charge is 2.35. The topological polar surface area (TPSA) is 66.8 Å². The van der Waals surface area contributed by atoms with Crippen LogP contribution < -0.4 is 4.74 Å². The number of benzene rings is 4. The van der Waals surface area contributed by atoms with Gasteiger partial charge in [0.1, 0.15) is 6.04 Å². The van der Waals surface area contributed by atoms with Crippen molar-refractivity contribution in [2.24, 2.45) is 0 Å². The molecular formula is C31H23Cl3FNO4. The zero-order chi connectivity index (χ0) is 28.4. The van der Waals surface area contributed by atoms with Gasteiger partial charge < -0.3 is 14.7 Å². The van der Waals surface area contributed by atoms with E-state index < -0.39 is 29.8 Å². The summed E-state index contributed by atoms with van der Waals surface area (Å²) in [6, 6.07) is 22.8. The first-order valence-corrected chi connectivity index (χ1v) is 13.7. The van der Waals surface area contributed by atoms with E-state index in [9.17, 15) is 14.7 Å². The molecule has 1 amide bonds. The average molecular weight is 599 g/mol. The largest absolute Gasteiger partial charge is 0.480 e. The van der Waals surface area contributed by atoms with Gasteiger partial charge in [-0.3, -0.25) is 4.79 Å². The molecule has 1 aliphatic heterocycles. The predicted octanol–water partition coefficient (Wildman–Crippen LogP) is 8.31. The quantitative estimate of drug-likeness (QED) is 0.232. The number of carboxylic acid groups (broad SMARTS) is 1. The summed E-state index contributed by atoms with van der Waals surface area (Å²) < 4.78 is 21.8. The first-order valence-electron chi connectivity index (χ1n) is 12.5. The summed E-state index contributed by atoms with van der Waals surface area (Å²) in [5.41, 5.74) is 3.03. The summed E-state index contributed by atoms with van der Waals surface area (Å²) in [7, 11) is 0. The molecule has 0 bridgehead atoms. The van der Waals surface area contributed by atoms with Crippen LogP contribution in [0.5, 0.6) is 5.75 Å². The van der Waals surface area contributed by atoms with Crippen molar-refractivity contribution in [3.63, 3.8) is 0 Å². The third kappa shape index (κ3) is 5.80. The van der Waals surface area contributed by atoms with E-state index in [1.807, 2.05) is 36.4 Å². The van der Waals surface area contributed by atoms with Crippen LogP contribution in [0, 0.1) is 5.82 Å². The maximum absolute atomic E-state index is 15.5. The van der Waals surface area contributed by atoms with Crippen molar-refractivity contribution in [1.29, 1.82) is 0 Å². The lowest BCUT2D eigenvalue weighted by Crippen LogP contribution is -2.40. The van der Waals surface area contributed by atoms with Crippen LogP contribution in [0.1, 0.15) is 40.4 Å². The molecule has 1 fully saturated rings. The minimum atomic E-state index is -1.08. The van der Waals surface area contributed by atoms with Crippen molar-refractivity contribution in [1.82, 2.24) is 4.90 Å². The summed E-state index contributed by atoms with van der Waals surface area (Å²) in [6.45, 7) is 0.300. The van der Waals surface area contributed by atoms with Gasteiger partial charge in [-0.15, -0.1) is 0 Å². The number of aliphatic carboxylic acids is 1. The summed E-state index contributed by atoms with van der Waals surface area (Å²) in [5.74, 6) is -2.49. The molecule has 0 spiro atoms. The van der Waals surface area contributed by atoms with Gasteiger partial charge in [-0.2, -0.15) is 0 Å². The zero-order valence-corrected chi connectivity index (χ0v) is 23.3. The fourth-order valence-corrected chi connectivity index (χ4v) is 5.55. The predicted molar refractivity (Wildman–Crippen MR) is 154 cm³/mol. The van der Waals surface area contributed by atoms with Crippen LogP contribution in [-0.4, -0.2) is 34.5 Å². The first-order chi connectivity index (χ1) is 19.2. The molecule has 0 aromatic heterocycles. The number of halogens is 4. The Bertz CT molecular complexity index is 1580. The molecule has 5 nitrogen and oxygen atoms in total. The van der Waals surface area contributed by atoms with Gasteiger partial charge in [0, 0.05) is 38.3 Å². The van der Waals surface area contributed by atoms with E-state index in [-0.39, 0.29) is 11.3 Å². The van der Waals surface area contributed by atoms with Crippen molar-refractivity contribution >= 4 is 46.7 Å². The van der Waals surface area contributed by atoms with E-state index in [4.69, 9.17) is 39.5 Å². The number of amides is 1. The van der Waals surface area contributed by atoms with Gasteiger partial charge in [-0.05, 0) is 66.4 Å². The fraction of sp³-hybridized carbons (Fsp3) is 0.161. The molecule has 1 saturated heterocycles. The van der Waals surface area contributed by atoms with Crippen LogP contribution in [0.15, 0.2) is 84.9 Å². The number of hydrogen-bond acceptors (Lipinski definition) is 3. The maximum atomic E-state index is 15.5. The molecule has 2 atom stereocenters. The molecule has 1 N–H and O–H groups in total. The van der Waals surface area contributed by atoms with Gasteiger partial charge >= 0.3 is 5.97 Å². The molecule has 0 radical (unpaired) electrons. The Balaban J connectivity index is 1.54. The second-order valence-corrected chi connectivity index (χ2v) is 10.7. The minimum Gasteiger partial charge on any atom is -0.480 e. The number of likely N-dealkylation sites (tertiary alicyclic amines) is 1. The number of nitrogens with zero attached hydrogens (tertiary/aromatic N) is 1. The van der Waals surface area contributed by atoms with E-state index in [1.165, 1.54) is 17.0 Å². The van der Waals surface area contributed by atoms with Crippen LogP contribution in [-0.2, 0) is 4.79 Å². The first kappa shape index (κ1) is 28.0. The van der Waals surface area contributed by atoms with Crippen LogP contribution in [0.2, 0.25) is 15.1 Å². The molecule has 1 heterocycles. The lowest BCUT2D eigenvalue weighted by atomic mass is 9.92. The van der Waals surface area contributed by atoms with Crippen LogP contribution in [0.25, 0.3) is 11.1 Å². The number of ether oxygens (including phenoxy) is 1. The molecule has 1 aliphatic rings. The summed E-state index contributed by atoms with van der Waals surface area (Å²) in [6.07, 6.45) is 0.0900. The van der Waals surface area contributed by atoms with E-state index in [1.54, 1.807) is 30.3 Å². The molecular weight excluding hydrogens is 576 g/mol. The molecule has 40 heavy (non-hydrogen) atoms. The monoisotopic (exact) mass is 597 g/mol. The normalized spacial score (nSPS) is 15.6. The van der Waals surface area contributed by atoms with E-state index in [0.717, 1.165) is 22.8 Å². The Kier molecular flexibility index (Phi) is 8.31. The van der Waals surface area contributed by atoms with Crippen molar-refractivity contribution < 1.29 is 23.8 Å². The number of hydrogen-bond donors (Lipinski definition) is 1. The third-order valence-corrected chi connectivity index (χ3v) is 7.68. The number of carbonyl (C=O) groups excluding carboxylic acids is 1. The van der Waals surface area contributed by atoms with E-state index in [2.05, 4.69) is 0 Å². The Morgan fingerprint density at radius 1 is 0.900 bits per heavy atom. The summed E-state index contributed by atoms with van der Waals surface area (Å²) in [4.78, 5) is 25.8. The van der Waals surface area contributed by atoms with Gasteiger partial charge in [-0.25, -0.2) is 9.18 Å². The highest BCUT2D eigenvalue weighted by molar-refractivity contribution is 6.35. The van der Waals surface area contributed by atoms with Crippen molar-refractivity contribution in [3.05, 3.63) is 123 Å². The van der Waals surface area contributed by atoms with Crippen molar-refractivity contribution in [3.8, 4) is 16.9 Å². The smallest absolute Gasteiger partial charge is 0.326 e. The molecule has 4 aromatic carbocycles. The molecule has 0 saturated carbocycles. The third-order valence-electron chi connectivity index (χ3n) is 6.87. The Labute approximate surface area is 245 Å². The van der Waals surface area contributed by atoms with Crippen LogP contribution in [0.3, 0.4) is 0 Å². The maximum Gasteiger partial charge on any atom is 0.326 e. The lowest BCUT2D eigenvalue weighted by Gasteiger charge is -2.25. The van der Waals surface area contributed by atoms with E-state index in [0.29, 0.717) is 40.0 Å². The lowest BCUT2D eigenvalue weighted by molar-refractivity contribution is -0.141. The number of rotatable bonds is 7.